The first kappa shape index (κ1) is 16.6. The van der Waals surface area contributed by atoms with Crippen LogP contribution >= 0.6 is 21.4 Å². The highest BCUT2D eigenvalue weighted by molar-refractivity contribution is 8.14. The highest BCUT2D eigenvalue weighted by Gasteiger charge is 2.23. The predicted octanol–water partition coefficient (Wildman–Crippen LogP) is 2.47. The van der Waals surface area contributed by atoms with Crippen LogP contribution in [0.4, 0.5) is 5.69 Å². The lowest BCUT2D eigenvalue weighted by atomic mass is 10.1. The molecule has 0 heterocycles. The minimum Gasteiger partial charge on any atom is -0.398 e. The van der Waals surface area contributed by atoms with Crippen LogP contribution in [0.5, 0.6) is 0 Å². The van der Waals surface area contributed by atoms with Gasteiger partial charge in [0.25, 0.3) is 18.1 Å². The third-order valence-corrected chi connectivity index (χ3v) is 5.30. The van der Waals surface area contributed by atoms with Crippen molar-refractivity contribution in [3.05, 3.63) is 17.7 Å². The molecule has 1 rings (SSSR count). The van der Waals surface area contributed by atoms with Crippen LogP contribution in [0.2, 0.25) is 0 Å². The summed E-state index contributed by atoms with van der Waals surface area (Å²) in [6.45, 7) is 1.94. The first-order valence-corrected chi connectivity index (χ1v) is 10.0. The molecule has 0 atom stereocenters. The highest BCUT2D eigenvalue weighted by atomic mass is 35.7. The van der Waals surface area contributed by atoms with Gasteiger partial charge in [-0.15, -0.1) is 0 Å². The topological polar surface area (TPSA) is 94.3 Å². The smallest absolute Gasteiger partial charge is 0.263 e. The molecule has 0 saturated heterocycles. The summed E-state index contributed by atoms with van der Waals surface area (Å²) in [6, 6.07) is 2.20. The molecule has 0 aliphatic carbocycles. The lowest BCUT2D eigenvalue weighted by Crippen LogP contribution is -2.05. The van der Waals surface area contributed by atoms with Gasteiger partial charge in [-0.25, -0.2) is 16.8 Å². The van der Waals surface area contributed by atoms with Crippen LogP contribution in [0.3, 0.4) is 0 Å². The Bertz CT molecular complexity index is 684. The summed E-state index contributed by atoms with van der Waals surface area (Å²) in [5.41, 5.74) is 5.88. The number of aryl methyl sites for hydroxylation is 1. The minimum atomic E-state index is -4.13. The molecule has 0 saturated carbocycles. The molecule has 0 unspecified atom stereocenters. The summed E-state index contributed by atoms with van der Waals surface area (Å²) in [4.78, 5) is -0.718. The van der Waals surface area contributed by atoms with E-state index in [4.69, 9.17) is 27.1 Å². The molecule has 0 aliphatic heterocycles. The third-order valence-electron chi connectivity index (χ3n) is 2.52. The molecule has 9 heteroatoms. The highest BCUT2D eigenvalue weighted by Crippen LogP contribution is 2.31. The van der Waals surface area contributed by atoms with E-state index in [1.807, 2.05) is 6.92 Å². The van der Waals surface area contributed by atoms with Crippen molar-refractivity contribution >= 4 is 45.2 Å². The van der Waals surface area contributed by atoms with Crippen LogP contribution in [0.1, 0.15) is 25.3 Å². The van der Waals surface area contributed by atoms with Crippen LogP contribution < -0.4 is 5.73 Å². The maximum atomic E-state index is 11.5. The van der Waals surface area contributed by atoms with E-state index in [2.05, 4.69) is 0 Å². The van der Waals surface area contributed by atoms with Gasteiger partial charge < -0.3 is 5.73 Å². The van der Waals surface area contributed by atoms with E-state index in [0.717, 1.165) is 18.9 Å². The Morgan fingerprint density at radius 3 is 2.00 bits per heavy atom. The lowest BCUT2D eigenvalue weighted by Gasteiger charge is -2.10. The van der Waals surface area contributed by atoms with Gasteiger partial charge in [0.15, 0.2) is 0 Å². The molecule has 5 nitrogen and oxygen atoms in total. The Morgan fingerprint density at radius 1 is 1.05 bits per heavy atom. The van der Waals surface area contributed by atoms with E-state index in [1.165, 1.54) is 6.07 Å². The molecule has 108 valence electrons. The van der Waals surface area contributed by atoms with Crippen molar-refractivity contribution < 1.29 is 16.8 Å². The number of unbranched alkanes of at least 4 members (excludes halogenated alkanes) is 1. The largest absolute Gasteiger partial charge is 0.398 e. The second-order valence-electron chi connectivity index (χ2n) is 3.98. The molecule has 1 aromatic carbocycles. The predicted molar refractivity (Wildman–Crippen MR) is 75.5 cm³/mol. The van der Waals surface area contributed by atoms with Crippen molar-refractivity contribution in [2.75, 3.05) is 5.73 Å². The van der Waals surface area contributed by atoms with E-state index in [-0.39, 0.29) is 10.6 Å². The summed E-state index contributed by atoms with van der Waals surface area (Å²) >= 11 is 0. The van der Waals surface area contributed by atoms with Crippen LogP contribution in [0, 0.1) is 0 Å². The molecule has 1 aromatic rings. The fraction of sp³-hybridized carbons (Fsp3) is 0.400. The van der Waals surface area contributed by atoms with Crippen LogP contribution in [-0.4, -0.2) is 16.8 Å². The van der Waals surface area contributed by atoms with E-state index >= 15 is 0 Å². The molecule has 0 aliphatic rings. The fourth-order valence-electron chi connectivity index (χ4n) is 1.63. The number of anilines is 1. The Labute approximate surface area is 121 Å². The van der Waals surface area contributed by atoms with Gasteiger partial charge in [-0.3, -0.25) is 0 Å². The summed E-state index contributed by atoms with van der Waals surface area (Å²) in [6.07, 6.45) is 2.01. The van der Waals surface area contributed by atoms with Crippen molar-refractivity contribution in [2.24, 2.45) is 0 Å². The summed E-state index contributed by atoms with van der Waals surface area (Å²) < 4.78 is 45.6. The quantitative estimate of drug-likeness (QED) is 0.653. The van der Waals surface area contributed by atoms with Crippen molar-refractivity contribution in [1.29, 1.82) is 0 Å². The molecule has 2 N–H and O–H groups in total. The number of nitrogens with two attached hydrogens (primary N) is 1. The van der Waals surface area contributed by atoms with Gasteiger partial charge in [0.2, 0.25) is 0 Å². The normalized spacial score (nSPS) is 12.6. The molecule has 0 spiro atoms. The van der Waals surface area contributed by atoms with E-state index < -0.39 is 23.0 Å². The van der Waals surface area contributed by atoms with Crippen molar-refractivity contribution in [3.63, 3.8) is 0 Å². The second kappa shape index (κ2) is 5.87. The van der Waals surface area contributed by atoms with Crippen molar-refractivity contribution in [3.8, 4) is 0 Å². The van der Waals surface area contributed by atoms with Gasteiger partial charge in [-0.1, -0.05) is 13.3 Å². The van der Waals surface area contributed by atoms with E-state index in [9.17, 15) is 16.8 Å². The molecule has 19 heavy (non-hydrogen) atoms. The van der Waals surface area contributed by atoms with Gasteiger partial charge in [-0.2, -0.15) is 0 Å². The third kappa shape index (κ3) is 4.24. The summed E-state index contributed by atoms with van der Waals surface area (Å²) in [5.74, 6) is 0. The maximum absolute atomic E-state index is 11.5. The van der Waals surface area contributed by atoms with E-state index in [0.29, 0.717) is 12.0 Å². The number of nitrogen functional groups attached to an aromatic ring is 1. The number of hydrogen-bond acceptors (Lipinski definition) is 5. The molecule has 0 aromatic heterocycles. The monoisotopic (exact) mass is 345 g/mol. The van der Waals surface area contributed by atoms with Gasteiger partial charge in [-0.05, 0) is 30.5 Å². The molecular weight excluding hydrogens is 333 g/mol. The van der Waals surface area contributed by atoms with Crippen molar-refractivity contribution in [2.45, 2.75) is 36.0 Å². The van der Waals surface area contributed by atoms with Crippen molar-refractivity contribution in [1.82, 2.24) is 0 Å². The number of hydrogen-bond donors (Lipinski definition) is 1. The van der Waals surface area contributed by atoms with Crippen LogP contribution in [0.25, 0.3) is 0 Å². The minimum absolute atomic E-state index is 0.0924. The van der Waals surface area contributed by atoms with E-state index in [1.54, 1.807) is 0 Å². The average Bonchev–Trinajstić information content (AvgIpc) is 2.22. The molecule has 0 radical (unpaired) electrons. The molecule has 0 amide bonds. The Hall–Kier alpha value is -0.500. The standard InChI is InChI=1S/C10H13Cl2NO4S2/c1-2-3-4-7-5-8(13)10(19(12,16)17)6-9(7)18(11,14)15/h5-6H,2-4,13H2,1H3. The Balaban J connectivity index is 3.56. The Kier molecular flexibility index (Phi) is 5.11. The first-order chi connectivity index (χ1) is 8.57. The fourth-order valence-corrected chi connectivity index (χ4v) is 3.86. The van der Waals surface area contributed by atoms with Gasteiger partial charge in [0.05, 0.1) is 10.6 Å². The number of halogens is 2. The zero-order valence-corrected chi connectivity index (χ0v) is 13.2. The Morgan fingerprint density at radius 2 is 1.58 bits per heavy atom. The number of rotatable bonds is 5. The molecular formula is C10H13Cl2NO4S2. The molecule has 0 bridgehead atoms. The second-order valence-corrected chi connectivity index (χ2v) is 9.05. The summed E-state index contributed by atoms with van der Waals surface area (Å²) in [7, 11) is 2.31. The first-order valence-electron chi connectivity index (χ1n) is 5.39. The van der Waals surface area contributed by atoms with Crippen LogP contribution in [0.15, 0.2) is 21.9 Å². The van der Waals surface area contributed by atoms with Gasteiger partial charge in [0.1, 0.15) is 4.90 Å². The van der Waals surface area contributed by atoms with Gasteiger partial charge >= 0.3 is 0 Å². The maximum Gasteiger partial charge on any atom is 0.263 e. The lowest BCUT2D eigenvalue weighted by molar-refractivity contribution is 0.606. The zero-order chi connectivity index (χ0) is 14.8. The summed E-state index contributed by atoms with van der Waals surface area (Å²) in [5, 5.41) is 0. The molecule has 0 fully saturated rings. The van der Waals surface area contributed by atoms with Gasteiger partial charge in [0, 0.05) is 21.4 Å². The zero-order valence-electron chi connectivity index (χ0n) is 10.1. The SMILES string of the molecule is CCCCc1cc(N)c(S(=O)(=O)Cl)cc1S(=O)(=O)Cl. The van der Waals surface area contributed by atoms with Crippen LogP contribution in [-0.2, 0) is 24.5 Å². The average molecular weight is 346 g/mol. The number of benzene rings is 1.